The van der Waals surface area contributed by atoms with E-state index in [0.717, 1.165) is 0 Å². The second-order valence-corrected chi connectivity index (χ2v) is 9.44. The summed E-state index contributed by atoms with van der Waals surface area (Å²) >= 11 is 0. The molecule has 0 unspecified atom stereocenters. The zero-order valence-electron chi connectivity index (χ0n) is 17.6. The van der Waals surface area contributed by atoms with Gasteiger partial charge in [0.15, 0.2) is 0 Å². The van der Waals surface area contributed by atoms with Crippen LogP contribution in [0.15, 0.2) is 106 Å². The van der Waals surface area contributed by atoms with Crippen LogP contribution in [0.25, 0.3) is 0 Å². The van der Waals surface area contributed by atoms with Gasteiger partial charge in [-0.1, -0.05) is 54.6 Å². The quantitative estimate of drug-likeness (QED) is 0.304. The van der Waals surface area contributed by atoms with E-state index in [0.29, 0.717) is 0 Å². The fourth-order valence-electron chi connectivity index (χ4n) is 1.76. The maximum atomic E-state index is 10.3. The van der Waals surface area contributed by atoms with Crippen molar-refractivity contribution in [2.24, 2.45) is 0 Å². The van der Waals surface area contributed by atoms with E-state index < -0.39 is 30.4 Å². The molecule has 17 heteroatoms. The van der Waals surface area contributed by atoms with Crippen LogP contribution in [-0.4, -0.2) is 90.1 Å². The Hall–Kier alpha value is -1.67. The molecule has 35 heavy (non-hydrogen) atoms. The molecule has 0 fully saturated rings. The summed E-state index contributed by atoms with van der Waals surface area (Å²) in [4.78, 5) is -0.556. The molecule has 0 aromatic heterocycles. The Kier molecular flexibility index (Phi) is 24.2. The van der Waals surface area contributed by atoms with Crippen LogP contribution >= 0.6 is 0 Å². The Morgan fingerprint density at radius 2 is 0.514 bits per heavy atom. The molecule has 0 aliphatic rings. The van der Waals surface area contributed by atoms with Gasteiger partial charge in [0, 0.05) is 0 Å². The molecule has 0 spiro atoms. The third-order valence-corrected chi connectivity index (χ3v) is 5.64. The van der Waals surface area contributed by atoms with Crippen molar-refractivity contribution in [3.8, 4) is 0 Å². The fraction of sp³-hybridized carbons (Fsp3) is 0. The predicted molar refractivity (Wildman–Crippen MR) is 121 cm³/mol. The van der Waals surface area contributed by atoms with Crippen LogP contribution in [0.1, 0.15) is 0 Å². The first-order valence-electron chi connectivity index (χ1n) is 7.84. The van der Waals surface area contributed by atoms with Gasteiger partial charge in [-0.15, -0.1) is 0 Å². The standard InChI is InChI=1S/3C6H6O3S.2Al.3H2O/c3*7-10(8,9)6-4-2-1-3-5-6;;;;;/h3*1-5H,(H,7,8,9);;;3*1H2/q;;;2*+3;;;/p-6. The maximum Gasteiger partial charge on any atom is 3.00 e. The summed E-state index contributed by atoms with van der Waals surface area (Å²) in [6, 6.07) is 21.6. The predicted octanol–water partition coefficient (Wildman–Crippen LogP) is 0.480. The molecule has 0 atom stereocenters. The summed E-state index contributed by atoms with van der Waals surface area (Å²) in [5, 5.41) is 0. The molecular formula is C18H18Al2O12S3. The van der Waals surface area contributed by atoms with Crippen molar-refractivity contribution in [1.29, 1.82) is 0 Å². The molecule has 3 rings (SSSR count). The van der Waals surface area contributed by atoms with Gasteiger partial charge in [-0.05, 0) is 36.4 Å². The summed E-state index contributed by atoms with van der Waals surface area (Å²) in [6.07, 6.45) is 0. The number of hydrogen-bond acceptors (Lipinski definition) is 12. The minimum absolute atomic E-state index is 0. The van der Waals surface area contributed by atoms with E-state index in [1.807, 2.05) is 0 Å². The van der Waals surface area contributed by atoms with E-state index in [-0.39, 0.29) is 65.8 Å². The van der Waals surface area contributed by atoms with E-state index in [1.165, 1.54) is 72.8 Å². The zero-order valence-corrected chi connectivity index (χ0v) is 22.3. The summed E-state index contributed by atoms with van der Waals surface area (Å²) in [5.74, 6) is 0. The molecule has 12 nitrogen and oxygen atoms in total. The van der Waals surface area contributed by atoms with E-state index in [1.54, 1.807) is 18.2 Å². The van der Waals surface area contributed by atoms with E-state index in [2.05, 4.69) is 0 Å². The molecule has 186 valence electrons. The summed E-state index contributed by atoms with van der Waals surface area (Å²) < 4.78 is 92.5. The SMILES string of the molecule is O=S(=O)([O-])c1ccccc1.O=S(=O)([O-])c1ccccc1.O=S(=O)([O-])c1ccccc1.[Al+3].[Al+3].[OH-].[OH-].[OH-]. The van der Waals surface area contributed by atoms with Crippen molar-refractivity contribution >= 4 is 65.1 Å². The third-order valence-electron chi connectivity index (χ3n) is 3.10. The molecule has 0 saturated carbocycles. The van der Waals surface area contributed by atoms with Crippen molar-refractivity contribution in [1.82, 2.24) is 0 Å². The summed E-state index contributed by atoms with van der Waals surface area (Å²) in [7, 11) is -12.8. The fourth-order valence-corrected chi connectivity index (χ4v) is 3.23. The molecule has 0 aliphatic heterocycles. The largest absolute Gasteiger partial charge is 3.00 e. The first-order chi connectivity index (χ1) is 13.8. The molecule has 0 amide bonds. The van der Waals surface area contributed by atoms with E-state index in [9.17, 15) is 38.9 Å². The monoisotopic (exact) mass is 576 g/mol. The Morgan fingerprint density at radius 3 is 0.600 bits per heavy atom. The summed E-state index contributed by atoms with van der Waals surface area (Å²) in [5.41, 5.74) is 0. The van der Waals surface area contributed by atoms with Crippen LogP contribution in [0.5, 0.6) is 0 Å². The zero-order chi connectivity index (χ0) is 22.8. The van der Waals surface area contributed by atoms with Crippen LogP contribution < -0.4 is 0 Å². The van der Waals surface area contributed by atoms with Crippen molar-refractivity contribution < 1.29 is 55.3 Å². The van der Waals surface area contributed by atoms with Gasteiger partial charge in [0.25, 0.3) is 0 Å². The number of benzene rings is 3. The molecular weight excluding hydrogens is 558 g/mol. The van der Waals surface area contributed by atoms with E-state index >= 15 is 0 Å². The summed E-state index contributed by atoms with van der Waals surface area (Å²) in [6.45, 7) is 0. The Labute approximate surface area is 225 Å². The topological polar surface area (TPSA) is 262 Å². The minimum atomic E-state index is -4.25. The van der Waals surface area contributed by atoms with Gasteiger partial charge in [0.05, 0.1) is 14.7 Å². The van der Waals surface area contributed by atoms with Gasteiger partial charge >= 0.3 is 34.7 Å². The molecule has 3 N–H and O–H groups in total. The molecule has 0 aliphatic carbocycles. The van der Waals surface area contributed by atoms with E-state index in [4.69, 9.17) is 0 Å². The Morgan fingerprint density at radius 1 is 0.371 bits per heavy atom. The number of rotatable bonds is 3. The average Bonchev–Trinajstić information content (AvgIpc) is 2.69. The second kappa shape index (κ2) is 19.5. The maximum absolute atomic E-state index is 10.3. The molecule has 0 saturated heterocycles. The minimum Gasteiger partial charge on any atom is -0.870 e. The molecule has 0 heterocycles. The van der Waals surface area contributed by atoms with Crippen molar-refractivity contribution in [3.05, 3.63) is 91.0 Å². The average molecular weight is 576 g/mol. The van der Waals surface area contributed by atoms with Crippen molar-refractivity contribution in [2.45, 2.75) is 14.7 Å². The van der Waals surface area contributed by atoms with Crippen molar-refractivity contribution in [3.63, 3.8) is 0 Å². The van der Waals surface area contributed by atoms with Crippen LogP contribution in [0, 0.1) is 0 Å². The molecule has 0 radical (unpaired) electrons. The second-order valence-electron chi connectivity index (χ2n) is 5.30. The van der Waals surface area contributed by atoms with Gasteiger partial charge < -0.3 is 30.1 Å². The molecule has 3 aromatic rings. The van der Waals surface area contributed by atoms with Crippen molar-refractivity contribution in [2.75, 3.05) is 0 Å². The molecule has 3 aromatic carbocycles. The third kappa shape index (κ3) is 18.3. The van der Waals surface area contributed by atoms with Crippen LogP contribution in [0.4, 0.5) is 0 Å². The van der Waals surface area contributed by atoms with Gasteiger partial charge in [-0.2, -0.15) is 0 Å². The van der Waals surface area contributed by atoms with Gasteiger partial charge in [0.2, 0.25) is 0 Å². The van der Waals surface area contributed by atoms with Gasteiger partial charge in [0.1, 0.15) is 30.4 Å². The Bertz CT molecular complexity index is 1080. The smallest absolute Gasteiger partial charge is 0.870 e. The van der Waals surface area contributed by atoms with Crippen LogP contribution in [0.3, 0.4) is 0 Å². The molecule has 0 bridgehead atoms. The van der Waals surface area contributed by atoms with Gasteiger partial charge in [-0.25, -0.2) is 25.3 Å². The van der Waals surface area contributed by atoms with Crippen LogP contribution in [-0.2, 0) is 30.4 Å². The van der Waals surface area contributed by atoms with Crippen LogP contribution in [0.2, 0.25) is 0 Å². The normalized spacial score (nSPS) is 9.69. The number of hydrogen-bond donors (Lipinski definition) is 0. The van der Waals surface area contributed by atoms with Gasteiger partial charge in [-0.3, -0.25) is 0 Å². The first-order valence-corrected chi connectivity index (χ1v) is 12.1. The Balaban J connectivity index is -0.000000120. The first kappa shape index (κ1) is 43.4.